The first-order chi connectivity index (χ1) is 15.9. The van der Waals surface area contributed by atoms with Crippen LogP contribution in [-0.4, -0.2) is 41.4 Å². The van der Waals surface area contributed by atoms with Crippen LogP contribution in [0.5, 0.6) is 0 Å². The van der Waals surface area contributed by atoms with Gasteiger partial charge in [0.25, 0.3) is 0 Å². The average Bonchev–Trinajstić information content (AvgIpc) is 3.15. The maximum absolute atomic E-state index is 13.5. The molecule has 188 valence electrons. The topological polar surface area (TPSA) is 52.5 Å². The van der Waals surface area contributed by atoms with Crippen molar-refractivity contribution < 1.29 is 17.6 Å². The maximum atomic E-state index is 13.5. The van der Waals surface area contributed by atoms with Crippen LogP contribution in [0, 0.1) is 5.82 Å². The molecule has 1 atom stereocenters. The standard InChI is InChI=1S/C23H21F4N5S.2ClH/c24-15-5-3-4-14(12-15)8-9-16-13-32(11-10-28-16)20-19-21(33-22(31-19)23(25,26)27)30-18-7-2-1-6-17(18)29-20;;/h1-7,12,16,28,30H,8-11,13H2;2*1H/t16-;;/m0../s1. The summed E-state index contributed by atoms with van der Waals surface area (Å²) in [6.07, 6.45) is -3.07. The molecule has 35 heavy (non-hydrogen) atoms. The first-order valence-corrected chi connectivity index (χ1v) is 11.4. The van der Waals surface area contributed by atoms with Crippen molar-refractivity contribution >= 4 is 58.4 Å². The largest absolute Gasteiger partial charge is 0.443 e. The molecule has 0 bridgehead atoms. The third-order valence-corrected chi connectivity index (χ3v) is 6.70. The summed E-state index contributed by atoms with van der Waals surface area (Å²) < 4.78 is 53.8. The number of rotatable bonds is 3. The molecular weight excluding hydrogens is 525 g/mol. The number of aliphatic imine (C=N–C) groups is 1. The van der Waals surface area contributed by atoms with Gasteiger partial charge in [0.2, 0.25) is 5.01 Å². The highest BCUT2D eigenvalue weighted by molar-refractivity contribution is 7.16. The van der Waals surface area contributed by atoms with Crippen LogP contribution in [-0.2, 0) is 12.6 Å². The lowest BCUT2D eigenvalue weighted by atomic mass is 10.0. The number of nitrogens with one attached hydrogen (secondary N) is 2. The number of aryl methyl sites for hydroxylation is 1. The fraction of sp³-hybridized carbons (Fsp3) is 0.304. The molecule has 5 nitrogen and oxygen atoms in total. The molecule has 0 spiro atoms. The predicted molar refractivity (Wildman–Crippen MR) is 136 cm³/mol. The first-order valence-electron chi connectivity index (χ1n) is 10.6. The van der Waals surface area contributed by atoms with Crippen molar-refractivity contribution in [3.63, 3.8) is 0 Å². The third-order valence-electron chi connectivity index (χ3n) is 5.69. The number of alkyl halides is 3. The molecule has 3 aromatic rings. The van der Waals surface area contributed by atoms with Crippen molar-refractivity contribution in [3.8, 4) is 0 Å². The molecule has 0 saturated carbocycles. The van der Waals surface area contributed by atoms with Crippen LogP contribution >= 0.6 is 36.2 Å². The van der Waals surface area contributed by atoms with Gasteiger partial charge in [0, 0.05) is 25.7 Å². The second-order valence-corrected chi connectivity index (χ2v) is 9.04. The van der Waals surface area contributed by atoms with Gasteiger partial charge in [-0.25, -0.2) is 14.4 Å². The monoisotopic (exact) mass is 547 g/mol. The highest BCUT2D eigenvalue weighted by atomic mass is 35.5. The Kier molecular flexibility index (Phi) is 8.63. The fourth-order valence-corrected chi connectivity index (χ4v) is 4.95. The number of anilines is 2. The number of hydrogen-bond acceptors (Lipinski definition) is 6. The van der Waals surface area contributed by atoms with E-state index in [0.717, 1.165) is 12.0 Å². The van der Waals surface area contributed by atoms with Crippen molar-refractivity contribution in [2.24, 2.45) is 4.99 Å². The lowest BCUT2D eigenvalue weighted by molar-refractivity contribution is -0.137. The number of nitrogens with zero attached hydrogens (tertiary/aromatic N) is 3. The summed E-state index contributed by atoms with van der Waals surface area (Å²) in [6, 6.07) is 13.9. The average molecular weight is 548 g/mol. The number of halogens is 6. The Labute approximate surface area is 216 Å². The Bertz CT molecular complexity index is 1200. The smallest absolute Gasteiger partial charge is 0.352 e. The molecule has 0 radical (unpaired) electrons. The van der Waals surface area contributed by atoms with Crippen LogP contribution in [0.4, 0.5) is 33.9 Å². The summed E-state index contributed by atoms with van der Waals surface area (Å²) in [4.78, 5) is 10.7. The molecule has 2 N–H and O–H groups in total. The minimum Gasteiger partial charge on any atom is -0.352 e. The molecule has 0 unspecified atom stereocenters. The van der Waals surface area contributed by atoms with E-state index in [9.17, 15) is 17.6 Å². The highest BCUT2D eigenvalue weighted by Gasteiger charge is 2.38. The second kappa shape index (κ2) is 11.1. The van der Waals surface area contributed by atoms with Crippen molar-refractivity contribution in [2.75, 3.05) is 25.0 Å². The SMILES string of the molecule is Cl.Cl.Fc1cccc(CC[C@H]2CN(C3=Nc4ccccc4Nc4sc(C(F)(F)F)nc43)CCN2)c1. The summed E-state index contributed by atoms with van der Waals surface area (Å²) in [5, 5.41) is 5.98. The van der Waals surface area contributed by atoms with Crippen molar-refractivity contribution in [1.82, 2.24) is 15.2 Å². The van der Waals surface area contributed by atoms with Crippen molar-refractivity contribution in [1.29, 1.82) is 0 Å². The minimum absolute atomic E-state index is 0. The highest BCUT2D eigenvalue weighted by Crippen LogP contribution is 2.42. The number of amidine groups is 1. The Balaban J connectivity index is 0.00000171. The number of aromatic nitrogens is 1. The zero-order valence-corrected chi connectivity index (χ0v) is 20.8. The molecule has 2 aliphatic rings. The molecule has 12 heteroatoms. The number of piperazine rings is 1. The van der Waals surface area contributed by atoms with Gasteiger partial charge in [-0.1, -0.05) is 35.6 Å². The quantitative estimate of drug-likeness (QED) is 0.384. The van der Waals surface area contributed by atoms with Gasteiger partial charge in [0.1, 0.15) is 16.5 Å². The molecule has 5 rings (SSSR count). The van der Waals surface area contributed by atoms with Crippen LogP contribution in [0.1, 0.15) is 22.7 Å². The van der Waals surface area contributed by atoms with E-state index in [2.05, 4.69) is 15.6 Å². The summed E-state index contributed by atoms with van der Waals surface area (Å²) >= 11 is 0.591. The van der Waals surface area contributed by atoms with E-state index in [1.807, 2.05) is 29.2 Å². The Morgan fingerprint density at radius 3 is 2.66 bits per heavy atom. The molecule has 1 aromatic heterocycles. The summed E-state index contributed by atoms with van der Waals surface area (Å²) in [5.41, 5.74) is 2.43. The van der Waals surface area contributed by atoms with E-state index < -0.39 is 11.2 Å². The molecule has 2 aromatic carbocycles. The predicted octanol–water partition coefficient (Wildman–Crippen LogP) is 6.19. The second-order valence-electron chi connectivity index (χ2n) is 8.04. The number of para-hydroxylation sites is 2. The fourth-order valence-electron chi connectivity index (χ4n) is 4.11. The van der Waals surface area contributed by atoms with Gasteiger partial charge in [-0.2, -0.15) is 13.2 Å². The van der Waals surface area contributed by atoms with E-state index in [1.54, 1.807) is 12.1 Å². The zero-order chi connectivity index (χ0) is 23.0. The van der Waals surface area contributed by atoms with Crippen LogP contribution in [0.25, 0.3) is 0 Å². The normalized spacial score (nSPS) is 17.1. The van der Waals surface area contributed by atoms with Gasteiger partial charge in [-0.05, 0) is 42.7 Å². The van der Waals surface area contributed by atoms with Gasteiger partial charge >= 0.3 is 6.18 Å². The lowest BCUT2D eigenvalue weighted by Gasteiger charge is -2.35. The first kappa shape index (κ1) is 27.2. The molecule has 0 aliphatic carbocycles. The van der Waals surface area contributed by atoms with Gasteiger partial charge in [-0.3, -0.25) is 0 Å². The molecule has 0 amide bonds. The van der Waals surface area contributed by atoms with Crippen molar-refractivity contribution in [3.05, 3.63) is 70.6 Å². The molecule has 3 heterocycles. The van der Waals surface area contributed by atoms with E-state index in [0.29, 0.717) is 59.6 Å². The summed E-state index contributed by atoms with van der Waals surface area (Å²) in [6.45, 7) is 1.82. The number of hydrogen-bond donors (Lipinski definition) is 2. The van der Waals surface area contributed by atoms with Gasteiger partial charge in [0.05, 0.1) is 11.4 Å². The van der Waals surface area contributed by atoms with Crippen LogP contribution in [0.15, 0.2) is 53.5 Å². The number of benzene rings is 2. The summed E-state index contributed by atoms with van der Waals surface area (Å²) in [7, 11) is 0. The molecular formula is C23H23Cl2F4N5S. The lowest BCUT2D eigenvalue weighted by Crippen LogP contribution is -2.53. The van der Waals surface area contributed by atoms with Crippen molar-refractivity contribution in [2.45, 2.75) is 25.1 Å². The van der Waals surface area contributed by atoms with Crippen LogP contribution in [0.2, 0.25) is 0 Å². The van der Waals surface area contributed by atoms with E-state index in [-0.39, 0.29) is 42.4 Å². The van der Waals surface area contributed by atoms with Crippen LogP contribution in [0.3, 0.4) is 0 Å². The Hall–Kier alpha value is -2.40. The van der Waals surface area contributed by atoms with E-state index in [4.69, 9.17) is 4.99 Å². The number of thiazole rings is 1. The van der Waals surface area contributed by atoms with E-state index in [1.165, 1.54) is 12.1 Å². The molecule has 1 saturated heterocycles. The minimum atomic E-state index is -4.53. The van der Waals surface area contributed by atoms with E-state index >= 15 is 0 Å². The maximum Gasteiger partial charge on any atom is 0.443 e. The Morgan fingerprint density at radius 1 is 1.09 bits per heavy atom. The summed E-state index contributed by atoms with van der Waals surface area (Å²) in [5.74, 6) is 0.174. The molecule has 2 aliphatic heterocycles. The zero-order valence-electron chi connectivity index (χ0n) is 18.3. The number of fused-ring (bicyclic) bond motifs is 2. The third kappa shape index (κ3) is 6.06. The Morgan fingerprint density at radius 2 is 1.89 bits per heavy atom. The van der Waals surface area contributed by atoms with Gasteiger partial charge in [0.15, 0.2) is 5.84 Å². The van der Waals surface area contributed by atoms with Crippen LogP contribution < -0.4 is 10.6 Å². The molecule has 1 fully saturated rings. The van der Waals surface area contributed by atoms with Gasteiger partial charge in [-0.15, -0.1) is 24.8 Å². The van der Waals surface area contributed by atoms with Gasteiger partial charge < -0.3 is 15.5 Å².